The summed E-state index contributed by atoms with van der Waals surface area (Å²) in [6.07, 6.45) is 4.40. The first-order valence-corrected chi connectivity index (χ1v) is 6.26. The average Bonchev–Trinajstić information content (AvgIpc) is 2.84. The Hall–Kier alpha value is -0.940. The second-order valence-corrected chi connectivity index (χ2v) is 5.82. The topological polar surface area (TPSA) is 73.0 Å². The molecular weight excluding hydrogens is 200 g/mol. The van der Waals surface area contributed by atoms with Gasteiger partial charge in [-0.05, 0) is 25.0 Å². The van der Waals surface area contributed by atoms with Gasteiger partial charge in [0.1, 0.15) is 0 Å². The quantitative estimate of drug-likeness (QED) is 0.771. The Kier molecular flexibility index (Phi) is 1.90. The maximum atomic E-state index is 11.1. The largest absolute Gasteiger partial charge is 0.320 e. The SMILES string of the molecule is CS(=O)(=O)c1ccc(C2(N)CC2)nc1. The molecule has 0 aromatic carbocycles. The Morgan fingerprint density at radius 3 is 2.43 bits per heavy atom. The summed E-state index contributed by atoms with van der Waals surface area (Å²) in [4.78, 5) is 4.32. The van der Waals surface area contributed by atoms with E-state index < -0.39 is 9.84 Å². The lowest BCUT2D eigenvalue weighted by molar-refractivity contribution is 0.601. The Morgan fingerprint density at radius 2 is 2.07 bits per heavy atom. The van der Waals surface area contributed by atoms with E-state index in [2.05, 4.69) is 4.98 Å². The zero-order valence-corrected chi connectivity index (χ0v) is 8.71. The Balaban J connectivity index is 2.36. The molecular formula is C9H12N2O2S. The monoisotopic (exact) mass is 212 g/mol. The fourth-order valence-electron chi connectivity index (χ4n) is 1.28. The Labute approximate surface area is 83.1 Å². The highest BCUT2D eigenvalue weighted by molar-refractivity contribution is 7.90. The van der Waals surface area contributed by atoms with Crippen molar-refractivity contribution in [1.82, 2.24) is 4.98 Å². The molecule has 1 saturated carbocycles. The summed E-state index contributed by atoms with van der Waals surface area (Å²) in [5.41, 5.74) is 6.40. The van der Waals surface area contributed by atoms with Crippen LogP contribution < -0.4 is 5.73 Å². The van der Waals surface area contributed by atoms with Gasteiger partial charge in [0.05, 0.1) is 16.1 Å². The number of nitrogens with zero attached hydrogens (tertiary/aromatic N) is 1. The molecule has 1 heterocycles. The van der Waals surface area contributed by atoms with Crippen molar-refractivity contribution in [3.63, 3.8) is 0 Å². The predicted octanol–water partition coefficient (Wildman–Crippen LogP) is 0.433. The molecule has 0 unspecified atom stereocenters. The molecule has 2 N–H and O–H groups in total. The van der Waals surface area contributed by atoms with Crippen molar-refractivity contribution < 1.29 is 8.42 Å². The third-order valence-electron chi connectivity index (χ3n) is 2.46. The number of hydrogen-bond acceptors (Lipinski definition) is 4. The van der Waals surface area contributed by atoms with Crippen LogP contribution in [0.25, 0.3) is 0 Å². The Bertz CT molecular complexity index is 446. The molecule has 0 atom stereocenters. The molecule has 5 heteroatoms. The number of sulfone groups is 1. The molecule has 0 saturated heterocycles. The normalized spacial score (nSPS) is 19.3. The van der Waals surface area contributed by atoms with E-state index in [0.29, 0.717) is 0 Å². The number of pyridine rings is 1. The van der Waals surface area contributed by atoms with Crippen molar-refractivity contribution in [2.45, 2.75) is 23.3 Å². The third kappa shape index (κ3) is 1.65. The van der Waals surface area contributed by atoms with Gasteiger partial charge in [0.15, 0.2) is 9.84 Å². The molecule has 14 heavy (non-hydrogen) atoms. The molecule has 1 fully saturated rings. The summed E-state index contributed by atoms with van der Waals surface area (Å²) in [7, 11) is -3.15. The standard InChI is InChI=1S/C9H12N2O2S/c1-14(12,13)7-2-3-8(11-6-7)9(10)4-5-9/h2-3,6H,4-5,10H2,1H3. The van der Waals surface area contributed by atoms with Crippen molar-refractivity contribution in [3.8, 4) is 0 Å². The lowest BCUT2D eigenvalue weighted by atomic mass is 10.2. The van der Waals surface area contributed by atoms with Crippen LogP contribution in [-0.4, -0.2) is 19.7 Å². The minimum Gasteiger partial charge on any atom is -0.320 e. The van der Waals surface area contributed by atoms with E-state index in [9.17, 15) is 8.42 Å². The number of aromatic nitrogens is 1. The van der Waals surface area contributed by atoms with Gasteiger partial charge in [-0.15, -0.1) is 0 Å². The highest BCUT2D eigenvalue weighted by Gasteiger charge is 2.41. The minimum atomic E-state index is -3.15. The van der Waals surface area contributed by atoms with Crippen LogP contribution in [0.2, 0.25) is 0 Å². The van der Waals surface area contributed by atoms with Gasteiger partial charge in [-0.2, -0.15) is 0 Å². The summed E-state index contributed by atoms with van der Waals surface area (Å²) < 4.78 is 22.3. The molecule has 0 bridgehead atoms. The van der Waals surface area contributed by atoms with E-state index in [1.165, 1.54) is 12.5 Å². The molecule has 0 aliphatic heterocycles. The van der Waals surface area contributed by atoms with E-state index in [0.717, 1.165) is 18.5 Å². The molecule has 76 valence electrons. The summed E-state index contributed by atoms with van der Waals surface area (Å²) in [6.45, 7) is 0. The van der Waals surface area contributed by atoms with Crippen LogP contribution >= 0.6 is 0 Å². The third-order valence-corrected chi connectivity index (χ3v) is 3.56. The smallest absolute Gasteiger partial charge is 0.177 e. The lowest BCUT2D eigenvalue weighted by Gasteiger charge is -2.07. The highest BCUT2D eigenvalue weighted by atomic mass is 32.2. The second-order valence-electron chi connectivity index (χ2n) is 3.81. The maximum Gasteiger partial charge on any atom is 0.177 e. The molecule has 4 nitrogen and oxygen atoms in total. The van der Waals surface area contributed by atoms with E-state index >= 15 is 0 Å². The maximum absolute atomic E-state index is 11.1. The second kappa shape index (κ2) is 2.77. The van der Waals surface area contributed by atoms with Crippen molar-refractivity contribution in [3.05, 3.63) is 24.0 Å². The lowest BCUT2D eigenvalue weighted by Crippen LogP contribution is -2.20. The Morgan fingerprint density at radius 1 is 1.43 bits per heavy atom. The summed E-state index contributed by atoms with van der Waals surface area (Å²) in [5.74, 6) is 0. The van der Waals surface area contributed by atoms with Crippen LogP contribution in [0.1, 0.15) is 18.5 Å². The van der Waals surface area contributed by atoms with Crippen LogP contribution in [0.15, 0.2) is 23.2 Å². The molecule has 1 aromatic rings. The van der Waals surface area contributed by atoms with E-state index in [1.807, 2.05) is 0 Å². The first kappa shape index (κ1) is 9.61. The fourth-order valence-corrected chi connectivity index (χ4v) is 1.84. The van der Waals surface area contributed by atoms with Gasteiger partial charge >= 0.3 is 0 Å². The first-order valence-electron chi connectivity index (χ1n) is 4.37. The zero-order chi connectivity index (χ0) is 10.4. The number of nitrogens with two attached hydrogens (primary N) is 1. The van der Waals surface area contributed by atoms with Crippen LogP contribution in [-0.2, 0) is 15.4 Å². The molecule has 1 aliphatic carbocycles. The van der Waals surface area contributed by atoms with Gasteiger partial charge in [0.2, 0.25) is 0 Å². The predicted molar refractivity (Wildman–Crippen MR) is 52.4 cm³/mol. The van der Waals surface area contributed by atoms with E-state index in [1.54, 1.807) is 12.1 Å². The van der Waals surface area contributed by atoms with Crippen molar-refractivity contribution in [2.24, 2.45) is 5.73 Å². The number of hydrogen-bond donors (Lipinski definition) is 1. The molecule has 2 rings (SSSR count). The fraction of sp³-hybridized carbons (Fsp3) is 0.444. The van der Waals surface area contributed by atoms with Crippen LogP contribution in [0.3, 0.4) is 0 Å². The van der Waals surface area contributed by atoms with E-state index in [-0.39, 0.29) is 10.4 Å². The molecule has 1 aromatic heterocycles. The van der Waals surface area contributed by atoms with Crippen molar-refractivity contribution >= 4 is 9.84 Å². The molecule has 0 amide bonds. The number of rotatable bonds is 2. The van der Waals surface area contributed by atoms with Gasteiger partial charge in [0, 0.05) is 12.5 Å². The minimum absolute atomic E-state index is 0.241. The van der Waals surface area contributed by atoms with E-state index in [4.69, 9.17) is 5.73 Å². The van der Waals surface area contributed by atoms with Crippen LogP contribution in [0.4, 0.5) is 0 Å². The summed E-state index contributed by atoms with van der Waals surface area (Å²) >= 11 is 0. The van der Waals surface area contributed by atoms with Crippen molar-refractivity contribution in [1.29, 1.82) is 0 Å². The average molecular weight is 212 g/mol. The van der Waals surface area contributed by atoms with Gasteiger partial charge in [-0.1, -0.05) is 0 Å². The first-order chi connectivity index (χ1) is 6.42. The summed E-state index contributed by atoms with van der Waals surface area (Å²) in [6, 6.07) is 3.26. The van der Waals surface area contributed by atoms with Crippen molar-refractivity contribution in [2.75, 3.05) is 6.26 Å². The van der Waals surface area contributed by atoms with Gasteiger partial charge in [-0.3, -0.25) is 4.98 Å². The summed E-state index contributed by atoms with van der Waals surface area (Å²) in [5, 5.41) is 0. The van der Waals surface area contributed by atoms with Crippen LogP contribution in [0, 0.1) is 0 Å². The van der Waals surface area contributed by atoms with Gasteiger partial charge in [-0.25, -0.2) is 8.42 Å². The molecule has 1 aliphatic rings. The molecule has 0 spiro atoms. The van der Waals surface area contributed by atoms with Gasteiger partial charge in [0.25, 0.3) is 0 Å². The highest BCUT2D eigenvalue weighted by Crippen LogP contribution is 2.41. The van der Waals surface area contributed by atoms with Gasteiger partial charge < -0.3 is 5.73 Å². The zero-order valence-electron chi connectivity index (χ0n) is 7.90. The molecule has 0 radical (unpaired) electrons. The van der Waals surface area contributed by atoms with Crippen LogP contribution in [0.5, 0.6) is 0 Å².